The summed E-state index contributed by atoms with van der Waals surface area (Å²) in [7, 11) is 0. The first-order valence-corrected chi connectivity index (χ1v) is 16.0. The van der Waals surface area contributed by atoms with Crippen molar-refractivity contribution in [2.24, 2.45) is 5.92 Å². The summed E-state index contributed by atoms with van der Waals surface area (Å²) in [5.74, 6) is 1.53. The van der Waals surface area contributed by atoms with E-state index in [2.05, 4.69) is 75.4 Å². The highest BCUT2D eigenvalue weighted by Crippen LogP contribution is 2.46. The molecule has 6 nitrogen and oxygen atoms in total. The van der Waals surface area contributed by atoms with Gasteiger partial charge in [0.2, 0.25) is 0 Å². The van der Waals surface area contributed by atoms with E-state index in [1.165, 1.54) is 61.8 Å². The molecule has 1 atom stereocenters. The SMILES string of the molecule is CCCCCCCCC1Cc2c(cc(C)c(NC(=O)OCCc3nc4ccccc4n3CC)c2C)N(CC)C1(C)C. The van der Waals surface area contributed by atoms with Crippen LogP contribution in [0.25, 0.3) is 11.0 Å². The number of ether oxygens (including phenoxy) is 1. The zero-order valence-corrected chi connectivity index (χ0v) is 26.6. The first-order chi connectivity index (χ1) is 19.7. The van der Waals surface area contributed by atoms with E-state index in [4.69, 9.17) is 9.72 Å². The highest BCUT2D eigenvalue weighted by molar-refractivity contribution is 5.88. The lowest BCUT2D eigenvalue weighted by Gasteiger charge is -2.51. The minimum absolute atomic E-state index is 0.104. The molecule has 1 unspecified atom stereocenters. The molecule has 1 aliphatic rings. The first-order valence-electron chi connectivity index (χ1n) is 16.0. The molecule has 2 aromatic carbocycles. The number of unbranched alkanes of at least 4 members (excludes halogenated alkanes) is 5. The minimum atomic E-state index is -0.401. The van der Waals surface area contributed by atoms with Crippen LogP contribution in [0.1, 0.15) is 102 Å². The van der Waals surface area contributed by atoms with Crippen LogP contribution in [-0.4, -0.2) is 34.3 Å². The van der Waals surface area contributed by atoms with E-state index in [9.17, 15) is 4.79 Å². The third kappa shape index (κ3) is 6.73. The zero-order valence-electron chi connectivity index (χ0n) is 26.6. The molecule has 0 spiro atoms. The van der Waals surface area contributed by atoms with Crippen molar-refractivity contribution in [3.05, 3.63) is 52.8 Å². The van der Waals surface area contributed by atoms with Gasteiger partial charge in [-0.25, -0.2) is 9.78 Å². The third-order valence-corrected chi connectivity index (χ3v) is 9.38. The largest absolute Gasteiger partial charge is 0.449 e. The summed E-state index contributed by atoms with van der Waals surface area (Å²) < 4.78 is 7.87. The van der Waals surface area contributed by atoms with Crippen LogP contribution >= 0.6 is 0 Å². The second-order valence-corrected chi connectivity index (χ2v) is 12.3. The maximum Gasteiger partial charge on any atom is 0.411 e. The molecule has 1 aromatic heterocycles. The lowest BCUT2D eigenvalue weighted by atomic mass is 9.73. The van der Waals surface area contributed by atoms with Gasteiger partial charge in [-0.2, -0.15) is 0 Å². The molecule has 6 heteroatoms. The second kappa shape index (κ2) is 13.8. The van der Waals surface area contributed by atoms with Crippen LogP contribution in [0.2, 0.25) is 0 Å². The van der Waals surface area contributed by atoms with Gasteiger partial charge in [0, 0.05) is 30.7 Å². The van der Waals surface area contributed by atoms with Gasteiger partial charge < -0.3 is 14.2 Å². The van der Waals surface area contributed by atoms with Gasteiger partial charge in [-0.3, -0.25) is 5.32 Å². The Hall–Kier alpha value is -3.02. The number of rotatable bonds is 13. The summed E-state index contributed by atoms with van der Waals surface area (Å²) in [6.45, 7) is 17.9. The smallest absolute Gasteiger partial charge is 0.411 e. The van der Waals surface area contributed by atoms with Crippen LogP contribution in [0.5, 0.6) is 0 Å². The molecule has 2 heterocycles. The molecule has 0 fully saturated rings. The summed E-state index contributed by atoms with van der Waals surface area (Å²) in [4.78, 5) is 20.3. The maximum absolute atomic E-state index is 13.0. The summed E-state index contributed by atoms with van der Waals surface area (Å²) in [5, 5.41) is 3.10. The number of hydrogen-bond donors (Lipinski definition) is 1. The van der Waals surface area contributed by atoms with Crippen molar-refractivity contribution in [2.45, 2.75) is 118 Å². The molecule has 4 rings (SSSR count). The molecule has 0 aliphatic carbocycles. The predicted molar refractivity (Wildman–Crippen MR) is 172 cm³/mol. The summed E-state index contributed by atoms with van der Waals surface area (Å²) in [6.07, 6.45) is 10.4. The van der Waals surface area contributed by atoms with Gasteiger partial charge in [-0.15, -0.1) is 0 Å². The highest BCUT2D eigenvalue weighted by atomic mass is 16.5. The molecule has 0 saturated heterocycles. The Kier molecular flexibility index (Phi) is 10.4. The molecule has 1 aliphatic heterocycles. The number of nitrogens with zero attached hydrogens (tertiary/aromatic N) is 3. The Balaban J connectivity index is 1.44. The Morgan fingerprint density at radius 3 is 2.51 bits per heavy atom. The average molecular weight is 561 g/mol. The minimum Gasteiger partial charge on any atom is -0.449 e. The van der Waals surface area contributed by atoms with E-state index < -0.39 is 6.09 Å². The highest BCUT2D eigenvalue weighted by Gasteiger charge is 2.40. The molecular formula is C35H52N4O2. The molecule has 1 amide bonds. The maximum atomic E-state index is 13.0. The number of para-hydroxylation sites is 2. The standard InChI is InChI=1S/C35H52N4O2/c1-8-11-12-13-14-15-18-27-24-28-26(5)33(25(4)23-31(28)39(10-3)35(27,6)7)37-34(40)41-22-21-32-36-29-19-16-17-20-30(29)38(32)9-2/h16-17,19-20,23,27H,8-15,18,21-22,24H2,1-7H3,(H,37,40). The van der Waals surface area contributed by atoms with Crippen LogP contribution in [0, 0.1) is 19.8 Å². The van der Waals surface area contributed by atoms with Crippen LogP contribution < -0.4 is 10.2 Å². The number of nitrogens with one attached hydrogen (secondary N) is 1. The lowest BCUT2D eigenvalue weighted by Crippen LogP contribution is -2.53. The van der Waals surface area contributed by atoms with E-state index >= 15 is 0 Å². The monoisotopic (exact) mass is 560 g/mol. The number of amides is 1. The van der Waals surface area contributed by atoms with Crippen molar-refractivity contribution in [3.63, 3.8) is 0 Å². The summed E-state index contributed by atoms with van der Waals surface area (Å²) in [6, 6.07) is 10.4. The van der Waals surface area contributed by atoms with E-state index in [0.717, 1.165) is 47.6 Å². The summed E-state index contributed by atoms with van der Waals surface area (Å²) >= 11 is 0. The van der Waals surface area contributed by atoms with Gasteiger partial charge >= 0.3 is 6.09 Å². The fraction of sp³-hybridized carbons (Fsp3) is 0.600. The molecule has 3 aromatic rings. The van der Waals surface area contributed by atoms with Gasteiger partial charge in [-0.05, 0) is 95.2 Å². The van der Waals surface area contributed by atoms with E-state index in [-0.39, 0.29) is 12.1 Å². The number of fused-ring (bicyclic) bond motifs is 2. The Morgan fingerprint density at radius 1 is 1.05 bits per heavy atom. The van der Waals surface area contributed by atoms with Gasteiger partial charge in [-0.1, -0.05) is 57.6 Å². The molecule has 41 heavy (non-hydrogen) atoms. The third-order valence-electron chi connectivity index (χ3n) is 9.38. The van der Waals surface area contributed by atoms with Gasteiger partial charge in [0.15, 0.2) is 0 Å². The van der Waals surface area contributed by atoms with E-state index in [1.54, 1.807) is 0 Å². The second-order valence-electron chi connectivity index (χ2n) is 12.3. The summed E-state index contributed by atoms with van der Waals surface area (Å²) in [5.41, 5.74) is 8.04. The van der Waals surface area contributed by atoms with Crippen LogP contribution in [0.4, 0.5) is 16.2 Å². The van der Waals surface area contributed by atoms with Crippen LogP contribution in [0.3, 0.4) is 0 Å². The van der Waals surface area contributed by atoms with E-state index in [0.29, 0.717) is 12.3 Å². The van der Waals surface area contributed by atoms with Crippen molar-refractivity contribution in [1.82, 2.24) is 9.55 Å². The quantitative estimate of drug-likeness (QED) is 0.212. The predicted octanol–water partition coefficient (Wildman–Crippen LogP) is 8.99. The number of anilines is 2. The number of benzene rings is 2. The zero-order chi connectivity index (χ0) is 29.6. The van der Waals surface area contributed by atoms with Crippen LogP contribution in [-0.2, 0) is 24.1 Å². The number of carbonyl (C=O) groups is 1. The van der Waals surface area contributed by atoms with Crippen molar-refractivity contribution >= 4 is 28.5 Å². The Morgan fingerprint density at radius 2 is 1.78 bits per heavy atom. The van der Waals surface area contributed by atoms with Gasteiger partial charge in [0.05, 0.1) is 16.7 Å². The Bertz CT molecular complexity index is 1330. The molecule has 0 bridgehead atoms. The number of hydrogen-bond acceptors (Lipinski definition) is 4. The van der Waals surface area contributed by atoms with Gasteiger partial charge in [0.25, 0.3) is 0 Å². The Labute approximate surface area is 247 Å². The first kappa shape index (κ1) is 30.9. The van der Waals surface area contributed by atoms with Crippen molar-refractivity contribution in [3.8, 4) is 0 Å². The van der Waals surface area contributed by atoms with Crippen molar-refractivity contribution < 1.29 is 9.53 Å². The number of aryl methyl sites for hydroxylation is 2. The molecule has 224 valence electrons. The molecule has 0 radical (unpaired) electrons. The van der Waals surface area contributed by atoms with Crippen LogP contribution in [0.15, 0.2) is 30.3 Å². The molecular weight excluding hydrogens is 508 g/mol. The topological polar surface area (TPSA) is 59.4 Å². The number of imidazole rings is 1. The number of aromatic nitrogens is 2. The fourth-order valence-electron chi connectivity index (χ4n) is 6.97. The normalized spacial score (nSPS) is 16.2. The average Bonchev–Trinajstić information content (AvgIpc) is 3.30. The molecule has 1 N–H and O–H groups in total. The fourth-order valence-corrected chi connectivity index (χ4v) is 6.97. The molecule has 0 saturated carbocycles. The van der Waals surface area contributed by atoms with Crippen molar-refractivity contribution in [2.75, 3.05) is 23.4 Å². The van der Waals surface area contributed by atoms with Gasteiger partial charge in [0.1, 0.15) is 12.4 Å². The number of carbonyl (C=O) groups excluding carboxylic acids is 1. The lowest BCUT2D eigenvalue weighted by molar-refractivity contribution is 0.162. The van der Waals surface area contributed by atoms with E-state index in [1.807, 2.05) is 18.2 Å². The van der Waals surface area contributed by atoms with Crippen molar-refractivity contribution in [1.29, 1.82) is 0 Å².